The van der Waals surface area contributed by atoms with E-state index in [1.807, 2.05) is 0 Å². The first-order valence-electron chi connectivity index (χ1n) is 7.38. The molecule has 1 aromatic carbocycles. The van der Waals surface area contributed by atoms with Gasteiger partial charge in [0, 0.05) is 12.1 Å². The molecule has 0 radical (unpaired) electrons. The molecule has 1 saturated carbocycles. The maximum atomic E-state index is 13.1. The summed E-state index contributed by atoms with van der Waals surface area (Å²) in [6.45, 7) is 0. The molecule has 1 heterocycles. The fraction of sp³-hybridized carbons (Fsp3) is 0.533. The lowest BCUT2D eigenvalue weighted by atomic mass is 10.0. The second kappa shape index (κ2) is 5.51. The van der Waals surface area contributed by atoms with Crippen LogP contribution in [0.2, 0.25) is 0 Å². The van der Waals surface area contributed by atoms with Crippen molar-refractivity contribution in [1.29, 1.82) is 0 Å². The highest BCUT2D eigenvalue weighted by molar-refractivity contribution is 7.91. The first-order valence-corrected chi connectivity index (χ1v) is 9.20. The van der Waals surface area contributed by atoms with Crippen LogP contribution in [-0.4, -0.2) is 42.8 Å². The third kappa shape index (κ3) is 3.36. The van der Waals surface area contributed by atoms with Gasteiger partial charge in [0.15, 0.2) is 9.84 Å². The van der Waals surface area contributed by atoms with Crippen molar-refractivity contribution in [1.82, 2.24) is 4.90 Å². The molecule has 2 aliphatic rings. The number of hydrogen-bond acceptors (Lipinski definition) is 3. The molecule has 0 spiro atoms. The van der Waals surface area contributed by atoms with E-state index in [0.29, 0.717) is 19.3 Å². The normalized spacial score (nSPS) is 23.7. The SMILES string of the molecule is O=C(c1ccccc1C(F)(F)F)N(C1CC1)[C@@H]1CCS(=O)(=O)C1. The number of sulfone groups is 1. The molecular formula is C15H16F3NO3S. The van der Waals surface area contributed by atoms with Crippen LogP contribution in [0.4, 0.5) is 13.2 Å². The largest absolute Gasteiger partial charge is 0.417 e. The van der Waals surface area contributed by atoms with Crippen molar-refractivity contribution in [2.24, 2.45) is 0 Å². The summed E-state index contributed by atoms with van der Waals surface area (Å²) in [4.78, 5) is 14.1. The molecule has 1 aliphatic carbocycles. The summed E-state index contributed by atoms with van der Waals surface area (Å²) in [5.41, 5.74) is -1.38. The average Bonchev–Trinajstić information content (AvgIpc) is 3.22. The van der Waals surface area contributed by atoms with Gasteiger partial charge in [-0.25, -0.2) is 8.42 Å². The van der Waals surface area contributed by atoms with Gasteiger partial charge < -0.3 is 4.90 Å². The lowest BCUT2D eigenvalue weighted by molar-refractivity contribution is -0.138. The van der Waals surface area contributed by atoms with Crippen molar-refractivity contribution in [2.45, 2.75) is 37.5 Å². The number of rotatable bonds is 3. The third-order valence-corrected chi connectivity index (χ3v) is 5.99. The molecule has 2 fully saturated rings. The number of benzene rings is 1. The van der Waals surface area contributed by atoms with Crippen molar-refractivity contribution in [3.63, 3.8) is 0 Å². The molecule has 4 nitrogen and oxygen atoms in total. The van der Waals surface area contributed by atoms with Gasteiger partial charge in [0.25, 0.3) is 5.91 Å². The van der Waals surface area contributed by atoms with Gasteiger partial charge in [-0.15, -0.1) is 0 Å². The van der Waals surface area contributed by atoms with Crippen molar-refractivity contribution < 1.29 is 26.4 Å². The number of alkyl halides is 3. The van der Waals surface area contributed by atoms with Crippen LogP contribution in [0.1, 0.15) is 35.2 Å². The quantitative estimate of drug-likeness (QED) is 0.844. The van der Waals surface area contributed by atoms with Gasteiger partial charge in [-0.3, -0.25) is 4.79 Å². The van der Waals surface area contributed by atoms with E-state index in [0.717, 1.165) is 12.1 Å². The number of carbonyl (C=O) groups is 1. The van der Waals surface area contributed by atoms with E-state index < -0.39 is 39.1 Å². The highest BCUT2D eigenvalue weighted by atomic mass is 32.2. The van der Waals surface area contributed by atoms with Crippen LogP contribution in [0.3, 0.4) is 0 Å². The lowest BCUT2D eigenvalue weighted by Crippen LogP contribution is -2.43. The molecule has 0 aromatic heterocycles. The predicted octanol–water partition coefficient (Wildman–Crippen LogP) is 2.50. The topological polar surface area (TPSA) is 54.5 Å². The first-order chi connectivity index (χ1) is 10.7. The maximum Gasteiger partial charge on any atom is 0.417 e. The molecule has 23 heavy (non-hydrogen) atoms. The molecule has 3 rings (SSSR count). The fourth-order valence-electron chi connectivity index (χ4n) is 3.03. The van der Waals surface area contributed by atoms with E-state index in [1.165, 1.54) is 17.0 Å². The Balaban J connectivity index is 1.95. The Morgan fingerprint density at radius 3 is 2.26 bits per heavy atom. The number of amides is 1. The molecule has 1 amide bonds. The van der Waals surface area contributed by atoms with Crippen molar-refractivity contribution in [3.8, 4) is 0 Å². The Hall–Kier alpha value is -1.57. The van der Waals surface area contributed by atoms with Crippen LogP contribution in [0, 0.1) is 0 Å². The average molecular weight is 347 g/mol. The Labute approximate surface area is 132 Å². The fourth-order valence-corrected chi connectivity index (χ4v) is 4.74. The summed E-state index contributed by atoms with van der Waals surface area (Å²) in [5.74, 6) is -0.902. The highest BCUT2D eigenvalue weighted by Gasteiger charge is 2.44. The standard InChI is InChI=1S/C15H16F3NO3S/c16-15(17,18)13-4-2-1-3-12(13)14(20)19(10-5-6-10)11-7-8-23(21,22)9-11/h1-4,10-11H,5-9H2/t11-/m1/s1. The molecule has 126 valence electrons. The van der Waals surface area contributed by atoms with Crippen molar-refractivity contribution in [3.05, 3.63) is 35.4 Å². The van der Waals surface area contributed by atoms with E-state index >= 15 is 0 Å². The third-order valence-electron chi connectivity index (χ3n) is 4.24. The summed E-state index contributed by atoms with van der Waals surface area (Å²) < 4.78 is 62.7. The van der Waals surface area contributed by atoms with Crippen LogP contribution in [0.25, 0.3) is 0 Å². The molecular weight excluding hydrogens is 331 g/mol. The van der Waals surface area contributed by atoms with Crippen molar-refractivity contribution >= 4 is 15.7 Å². The van der Waals surface area contributed by atoms with Gasteiger partial charge in [0.05, 0.1) is 22.6 Å². The van der Waals surface area contributed by atoms with Crippen LogP contribution in [0.15, 0.2) is 24.3 Å². The first kappa shape index (κ1) is 16.3. The smallest absolute Gasteiger partial charge is 0.332 e. The van der Waals surface area contributed by atoms with Gasteiger partial charge in [0.1, 0.15) is 0 Å². The highest BCUT2D eigenvalue weighted by Crippen LogP contribution is 2.37. The van der Waals surface area contributed by atoms with Crippen molar-refractivity contribution in [2.75, 3.05) is 11.5 Å². The van der Waals surface area contributed by atoms with E-state index in [-0.39, 0.29) is 17.5 Å². The Morgan fingerprint density at radius 2 is 1.74 bits per heavy atom. The zero-order valence-electron chi connectivity index (χ0n) is 12.2. The second-order valence-electron chi connectivity index (χ2n) is 6.04. The Kier molecular flexibility index (Phi) is 3.90. The minimum absolute atomic E-state index is 0.0188. The second-order valence-corrected chi connectivity index (χ2v) is 8.27. The molecule has 0 unspecified atom stereocenters. The molecule has 1 aromatic rings. The number of hydrogen-bond donors (Lipinski definition) is 0. The molecule has 1 aliphatic heterocycles. The number of nitrogens with zero attached hydrogens (tertiary/aromatic N) is 1. The van der Waals surface area contributed by atoms with Gasteiger partial charge in [0.2, 0.25) is 0 Å². The minimum Gasteiger partial charge on any atom is -0.332 e. The van der Waals surface area contributed by atoms with Gasteiger partial charge >= 0.3 is 6.18 Å². The Morgan fingerprint density at radius 1 is 1.09 bits per heavy atom. The van der Waals surface area contributed by atoms with E-state index in [2.05, 4.69) is 0 Å². The predicted molar refractivity (Wildman–Crippen MR) is 77.7 cm³/mol. The molecule has 8 heteroatoms. The number of halogens is 3. The van der Waals surface area contributed by atoms with Crippen LogP contribution < -0.4 is 0 Å². The monoisotopic (exact) mass is 347 g/mol. The summed E-state index contributed by atoms with van der Waals surface area (Å²) >= 11 is 0. The zero-order valence-corrected chi connectivity index (χ0v) is 13.0. The summed E-state index contributed by atoms with van der Waals surface area (Å²) in [6.07, 6.45) is -2.92. The zero-order chi connectivity index (χ0) is 16.8. The Bertz CT molecular complexity index is 726. The van der Waals surface area contributed by atoms with E-state index in [9.17, 15) is 26.4 Å². The molecule has 0 N–H and O–H groups in total. The minimum atomic E-state index is -4.62. The lowest BCUT2D eigenvalue weighted by Gasteiger charge is -2.29. The van der Waals surface area contributed by atoms with Crippen LogP contribution in [-0.2, 0) is 16.0 Å². The van der Waals surface area contributed by atoms with Crippen LogP contribution >= 0.6 is 0 Å². The van der Waals surface area contributed by atoms with Crippen LogP contribution in [0.5, 0.6) is 0 Å². The summed E-state index contributed by atoms with van der Waals surface area (Å²) in [5, 5.41) is 0. The van der Waals surface area contributed by atoms with Gasteiger partial charge in [-0.05, 0) is 31.4 Å². The van der Waals surface area contributed by atoms with E-state index in [1.54, 1.807) is 0 Å². The van der Waals surface area contributed by atoms with Gasteiger partial charge in [-0.1, -0.05) is 12.1 Å². The summed E-state index contributed by atoms with van der Waals surface area (Å²) in [6, 6.07) is 3.98. The van der Waals surface area contributed by atoms with Gasteiger partial charge in [-0.2, -0.15) is 13.2 Å². The molecule has 1 atom stereocenters. The summed E-state index contributed by atoms with van der Waals surface area (Å²) in [7, 11) is -3.22. The maximum absolute atomic E-state index is 13.1. The molecule has 0 bridgehead atoms. The number of carbonyl (C=O) groups excluding carboxylic acids is 1. The van der Waals surface area contributed by atoms with E-state index in [4.69, 9.17) is 0 Å². The molecule has 1 saturated heterocycles.